The molecule has 6 nitrogen and oxygen atoms in total. The van der Waals surface area contributed by atoms with Crippen LogP contribution in [-0.2, 0) is 0 Å². The highest BCUT2D eigenvalue weighted by atomic mass is 16.5. The molecular weight excluding hydrogens is 414 g/mol. The van der Waals surface area contributed by atoms with Gasteiger partial charge in [-0.2, -0.15) is 0 Å². The van der Waals surface area contributed by atoms with Crippen LogP contribution in [0.3, 0.4) is 0 Å². The van der Waals surface area contributed by atoms with Gasteiger partial charge in [0.2, 0.25) is 0 Å². The molecule has 2 bridgehead atoms. The number of hydrogen-bond acceptors (Lipinski definition) is 4. The molecule has 6 rings (SSSR count). The summed E-state index contributed by atoms with van der Waals surface area (Å²) < 4.78 is 6.21. The van der Waals surface area contributed by atoms with E-state index in [2.05, 4.69) is 16.3 Å². The van der Waals surface area contributed by atoms with Crippen LogP contribution < -0.4 is 10.1 Å². The van der Waals surface area contributed by atoms with E-state index in [9.17, 15) is 9.90 Å². The zero-order valence-corrected chi connectivity index (χ0v) is 19.2. The summed E-state index contributed by atoms with van der Waals surface area (Å²) in [7, 11) is 0. The van der Waals surface area contributed by atoms with Crippen LogP contribution in [0.1, 0.15) is 42.9 Å². The molecule has 4 aliphatic rings. The molecule has 0 saturated carbocycles. The van der Waals surface area contributed by atoms with Crippen molar-refractivity contribution in [2.75, 3.05) is 39.3 Å². The van der Waals surface area contributed by atoms with Gasteiger partial charge in [-0.3, -0.25) is 4.90 Å². The second-order valence-corrected chi connectivity index (χ2v) is 9.79. The lowest BCUT2D eigenvalue weighted by atomic mass is 9.81. The van der Waals surface area contributed by atoms with Crippen LogP contribution in [-0.4, -0.2) is 66.4 Å². The lowest BCUT2D eigenvalue weighted by molar-refractivity contribution is -0.000813. The number of piperidine rings is 4. The first-order valence-electron chi connectivity index (χ1n) is 12.4. The summed E-state index contributed by atoms with van der Waals surface area (Å²) in [5.41, 5.74) is 1.98. The molecule has 1 unspecified atom stereocenters. The fourth-order valence-electron chi connectivity index (χ4n) is 5.88. The van der Waals surface area contributed by atoms with E-state index in [1.54, 1.807) is 4.90 Å². The number of ether oxygens (including phenoxy) is 1. The minimum Gasteiger partial charge on any atom is -0.493 e. The molecule has 33 heavy (non-hydrogen) atoms. The van der Waals surface area contributed by atoms with Gasteiger partial charge < -0.3 is 20.1 Å². The van der Waals surface area contributed by atoms with Crippen molar-refractivity contribution in [3.63, 3.8) is 0 Å². The van der Waals surface area contributed by atoms with Crippen molar-refractivity contribution < 1.29 is 14.6 Å². The molecule has 4 saturated heterocycles. The van der Waals surface area contributed by atoms with Gasteiger partial charge in [0.15, 0.2) is 0 Å². The maximum atomic E-state index is 12.8. The van der Waals surface area contributed by atoms with Crippen molar-refractivity contribution in [2.24, 2.45) is 11.8 Å². The number of carbonyl (C=O) groups is 1. The first kappa shape index (κ1) is 22.2. The smallest absolute Gasteiger partial charge is 0.408 e. The Bertz CT molecular complexity index is 923. The monoisotopic (exact) mass is 449 g/mol. The SMILES string of the molecule is O=C(O)N(C1CN2CCC1CC2)[C@@H](c1ccccc1)c1cccc(OCC2CCNCC2)c1. The van der Waals surface area contributed by atoms with E-state index < -0.39 is 6.09 Å². The van der Waals surface area contributed by atoms with Crippen LogP contribution >= 0.6 is 0 Å². The fourth-order valence-corrected chi connectivity index (χ4v) is 5.88. The third kappa shape index (κ3) is 5.02. The summed E-state index contributed by atoms with van der Waals surface area (Å²) in [6.07, 6.45) is 3.59. The van der Waals surface area contributed by atoms with Crippen molar-refractivity contribution in [1.29, 1.82) is 0 Å². The van der Waals surface area contributed by atoms with Crippen LogP contribution in [0.15, 0.2) is 54.6 Å². The van der Waals surface area contributed by atoms with E-state index in [1.165, 1.54) is 0 Å². The highest BCUT2D eigenvalue weighted by Gasteiger charge is 2.43. The Kier molecular flexibility index (Phi) is 6.83. The number of benzene rings is 2. The zero-order valence-electron chi connectivity index (χ0n) is 19.2. The van der Waals surface area contributed by atoms with Crippen molar-refractivity contribution >= 4 is 6.09 Å². The first-order chi connectivity index (χ1) is 16.2. The molecular formula is C27H35N3O3. The minimum atomic E-state index is -0.844. The van der Waals surface area contributed by atoms with E-state index in [1.807, 2.05) is 48.5 Å². The number of hydrogen-bond donors (Lipinski definition) is 2. The number of carboxylic acid groups (broad SMARTS) is 1. The van der Waals surface area contributed by atoms with Crippen LogP contribution in [0.2, 0.25) is 0 Å². The quantitative estimate of drug-likeness (QED) is 0.662. The first-order valence-corrected chi connectivity index (χ1v) is 12.4. The molecule has 0 aromatic heterocycles. The number of amides is 1. The van der Waals surface area contributed by atoms with Crippen LogP contribution in [0.4, 0.5) is 4.79 Å². The normalized spacial score (nSPS) is 26.0. The second kappa shape index (κ2) is 10.1. The van der Waals surface area contributed by atoms with E-state index in [0.717, 1.165) is 75.3 Å². The van der Waals surface area contributed by atoms with Gasteiger partial charge in [0.05, 0.1) is 18.7 Å². The highest BCUT2D eigenvalue weighted by molar-refractivity contribution is 5.67. The van der Waals surface area contributed by atoms with Crippen molar-refractivity contribution in [3.05, 3.63) is 65.7 Å². The lowest BCUT2D eigenvalue weighted by Crippen LogP contribution is -2.59. The molecule has 4 aliphatic heterocycles. The third-order valence-corrected chi connectivity index (χ3v) is 7.71. The summed E-state index contributed by atoms with van der Waals surface area (Å²) in [5, 5.41) is 13.9. The van der Waals surface area contributed by atoms with Gasteiger partial charge in [-0.25, -0.2) is 4.79 Å². The molecule has 2 aromatic rings. The average molecular weight is 450 g/mol. The molecule has 0 aliphatic carbocycles. The average Bonchev–Trinajstić information content (AvgIpc) is 2.87. The summed E-state index contributed by atoms with van der Waals surface area (Å²) in [5.74, 6) is 1.82. The summed E-state index contributed by atoms with van der Waals surface area (Å²) in [6, 6.07) is 17.8. The molecule has 4 fully saturated rings. The van der Waals surface area contributed by atoms with Gasteiger partial charge in [-0.1, -0.05) is 42.5 Å². The molecule has 6 heteroatoms. The van der Waals surface area contributed by atoms with E-state index >= 15 is 0 Å². The molecule has 1 amide bonds. The number of nitrogens with one attached hydrogen (secondary N) is 1. The minimum absolute atomic E-state index is 0.00881. The Labute approximate surface area is 196 Å². The molecule has 4 heterocycles. The van der Waals surface area contributed by atoms with Gasteiger partial charge in [-0.05, 0) is 87.0 Å². The highest BCUT2D eigenvalue weighted by Crippen LogP contribution is 2.39. The predicted molar refractivity (Wildman–Crippen MR) is 129 cm³/mol. The predicted octanol–water partition coefficient (Wildman–Crippen LogP) is 4.23. The molecule has 2 aromatic carbocycles. The van der Waals surface area contributed by atoms with Gasteiger partial charge in [0, 0.05) is 6.54 Å². The third-order valence-electron chi connectivity index (χ3n) is 7.71. The number of fused-ring (bicyclic) bond motifs is 3. The van der Waals surface area contributed by atoms with Crippen LogP contribution in [0, 0.1) is 11.8 Å². The fraction of sp³-hybridized carbons (Fsp3) is 0.519. The standard InChI is InChI=1S/C27H35N3O3/c31-27(32)30(25-18-29-15-11-21(25)12-16-29)26(22-5-2-1-3-6-22)23-7-4-8-24(17-23)33-19-20-9-13-28-14-10-20/h1-8,17,20-21,25-26,28H,9-16,18-19H2,(H,31,32)/t25?,26-/m0/s1. The second-order valence-electron chi connectivity index (χ2n) is 9.79. The topological polar surface area (TPSA) is 65.0 Å². The number of rotatable bonds is 7. The van der Waals surface area contributed by atoms with Crippen molar-refractivity contribution in [3.8, 4) is 5.75 Å². The Balaban J connectivity index is 1.44. The summed E-state index contributed by atoms with van der Waals surface area (Å²) >= 11 is 0. The van der Waals surface area contributed by atoms with Crippen LogP contribution in [0.25, 0.3) is 0 Å². The molecule has 0 spiro atoms. The Hall–Kier alpha value is -2.57. The summed E-state index contributed by atoms with van der Waals surface area (Å²) in [6.45, 7) is 5.82. The Morgan fingerprint density at radius 3 is 2.42 bits per heavy atom. The van der Waals surface area contributed by atoms with E-state index in [0.29, 0.717) is 18.4 Å². The zero-order chi connectivity index (χ0) is 22.6. The Morgan fingerprint density at radius 2 is 1.76 bits per heavy atom. The van der Waals surface area contributed by atoms with Crippen molar-refractivity contribution in [2.45, 2.75) is 37.8 Å². The maximum Gasteiger partial charge on any atom is 0.408 e. The van der Waals surface area contributed by atoms with Crippen molar-refractivity contribution in [1.82, 2.24) is 15.1 Å². The number of nitrogens with zero attached hydrogens (tertiary/aromatic N) is 2. The molecule has 2 atom stereocenters. The van der Waals surface area contributed by atoms with Gasteiger partial charge in [0.1, 0.15) is 5.75 Å². The van der Waals surface area contributed by atoms with Gasteiger partial charge >= 0.3 is 6.09 Å². The van der Waals surface area contributed by atoms with Gasteiger partial charge in [-0.15, -0.1) is 0 Å². The Morgan fingerprint density at radius 1 is 1.03 bits per heavy atom. The summed E-state index contributed by atoms with van der Waals surface area (Å²) in [4.78, 5) is 16.9. The maximum absolute atomic E-state index is 12.8. The van der Waals surface area contributed by atoms with E-state index in [-0.39, 0.29) is 12.1 Å². The van der Waals surface area contributed by atoms with Gasteiger partial charge in [0.25, 0.3) is 0 Å². The largest absolute Gasteiger partial charge is 0.493 e. The lowest BCUT2D eigenvalue weighted by Gasteiger charge is -2.50. The molecule has 2 N–H and O–H groups in total. The molecule has 176 valence electrons. The van der Waals surface area contributed by atoms with E-state index in [4.69, 9.17) is 4.74 Å². The van der Waals surface area contributed by atoms with Crippen LogP contribution in [0.5, 0.6) is 5.75 Å². The molecule has 0 radical (unpaired) electrons.